The van der Waals surface area contributed by atoms with E-state index >= 15 is 0 Å². The van der Waals surface area contributed by atoms with E-state index in [1.165, 1.54) is 6.08 Å². The van der Waals surface area contributed by atoms with E-state index in [4.69, 9.17) is 9.72 Å². The summed E-state index contributed by atoms with van der Waals surface area (Å²) >= 11 is 0. The second-order valence-corrected chi connectivity index (χ2v) is 9.58. The Kier molecular flexibility index (Phi) is 7.49. The molecule has 8 heteroatoms. The van der Waals surface area contributed by atoms with Crippen LogP contribution < -0.4 is 19.9 Å². The predicted molar refractivity (Wildman–Crippen MR) is 153 cm³/mol. The average Bonchev–Trinajstić information content (AvgIpc) is 2.93. The third-order valence-corrected chi connectivity index (χ3v) is 6.40. The zero-order valence-electron chi connectivity index (χ0n) is 22.0. The molecule has 1 fully saturated rings. The summed E-state index contributed by atoms with van der Waals surface area (Å²) in [5, 5.41) is 3.98. The van der Waals surface area contributed by atoms with E-state index in [2.05, 4.69) is 38.1 Å². The van der Waals surface area contributed by atoms with Crippen LogP contribution in [0.25, 0.3) is 17.0 Å². The van der Waals surface area contributed by atoms with Gasteiger partial charge in [-0.15, -0.1) is 0 Å². The van der Waals surface area contributed by atoms with Gasteiger partial charge in [-0.2, -0.15) is 0 Å². The molecule has 0 bridgehead atoms. The number of aromatic nitrogens is 3. The van der Waals surface area contributed by atoms with Crippen LogP contribution in [0.5, 0.6) is 5.75 Å². The summed E-state index contributed by atoms with van der Waals surface area (Å²) in [6.45, 7) is 9.43. The van der Waals surface area contributed by atoms with E-state index in [-0.39, 0.29) is 12.0 Å². The fourth-order valence-electron chi connectivity index (χ4n) is 4.54. The highest BCUT2D eigenvalue weighted by Crippen LogP contribution is 2.27. The minimum Gasteiger partial charge on any atom is -0.490 e. The number of hydrogen-bond acceptors (Lipinski definition) is 7. The highest BCUT2D eigenvalue weighted by atomic mass is 16.5. The molecule has 8 nitrogen and oxygen atoms in total. The number of carbonyl (C=O) groups is 1. The van der Waals surface area contributed by atoms with Gasteiger partial charge in [-0.05, 0) is 68.8 Å². The number of nitrogens with zero attached hydrogens (tertiary/aromatic N) is 5. The van der Waals surface area contributed by atoms with Gasteiger partial charge < -0.3 is 19.9 Å². The lowest BCUT2D eigenvalue weighted by Gasteiger charge is -2.35. The first-order valence-corrected chi connectivity index (χ1v) is 12.9. The number of ether oxygens (including phenoxy) is 1. The monoisotopic (exact) mass is 508 g/mol. The molecule has 0 aliphatic carbocycles. The number of pyridine rings is 1. The number of rotatable bonds is 7. The van der Waals surface area contributed by atoms with E-state index < -0.39 is 0 Å². The number of amides is 1. The number of aryl methyl sites for hydroxylation is 1. The molecule has 1 amide bonds. The Morgan fingerprint density at radius 2 is 1.71 bits per heavy atom. The summed E-state index contributed by atoms with van der Waals surface area (Å²) in [5.41, 5.74) is 3.61. The number of hydrogen-bond donors (Lipinski definition) is 1. The lowest BCUT2D eigenvalue weighted by Crippen LogP contribution is -2.47. The Labute approximate surface area is 223 Å². The van der Waals surface area contributed by atoms with Crippen LogP contribution in [0.2, 0.25) is 0 Å². The Morgan fingerprint density at radius 1 is 0.974 bits per heavy atom. The van der Waals surface area contributed by atoms with Crippen LogP contribution in [0, 0.1) is 6.92 Å². The molecule has 1 aliphatic heterocycles. The van der Waals surface area contributed by atoms with Crippen molar-refractivity contribution in [3.63, 3.8) is 0 Å². The molecule has 194 valence electrons. The van der Waals surface area contributed by atoms with Crippen molar-refractivity contribution < 1.29 is 9.53 Å². The molecule has 0 saturated carbocycles. The van der Waals surface area contributed by atoms with Gasteiger partial charge in [0.1, 0.15) is 11.6 Å². The summed E-state index contributed by atoms with van der Waals surface area (Å²) in [4.78, 5) is 30.8. The number of carbonyl (C=O) groups excluding carboxylic acids is 1. The van der Waals surface area contributed by atoms with Crippen molar-refractivity contribution in [1.82, 2.24) is 15.0 Å². The minimum atomic E-state index is -0.203. The molecule has 1 N–H and O–H groups in total. The van der Waals surface area contributed by atoms with Crippen LogP contribution >= 0.6 is 0 Å². The maximum absolute atomic E-state index is 12.7. The molecular weight excluding hydrogens is 476 g/mol. The smallest absolute Gasteiger partial charge is 0.248 e. The van der Waals surface area contributed by atoms with Gasteiger partial charge >= 0.3 is 0 Å². The molecule has 0 radical (unpaired) electrons. The first-order valence-electron chi connectivity index (χ1n) is 12.9. The molecule has 38 heavy (non-hydrogen) atoms. The highest BCUT2D eigenvalue weighted by Gasteiger charge is 2.20. The second-order valence-electron chi connectivity index (χ2n) is 9.58. The molecule has 4 aromatic rings. The lowest BCUT2D eigenvalue weighted by atomic mass is 10.1. The molecule has 2 aromatic heterocycles. The molecule has 5 rings (SSSR count). The summed E-state index contributed by atoms with van der Waals surface area (Å²) in [6, 6.07) is 17.5. The fraction of sp³-hybridized carbons (Fsp3) is 0.267. The quantitative estimate of drug-likeness (QED) is 0.348. The number of anilines is 3. The van der Waals surface area contributed by atoms with E-state index in [1.807, 2.05) is 62.4 Å². The van der Waals surface area contributed by atoms with Gasteiger partial charge in [0.05, 0.1) is 11.6 Å². The number of piperazine rings is 1. The first kappa shape index (κ1) is 25.2. The van der Waals surface area contributed by atoms with Crippen LogP contribution in [0.1, 0.15) is 25.0 Å². The Balaban J connectivity index is 1.26. The van der Waals surface area contributed by atoms with Crippen LogP contribution in [0.3, 0.4) is 0 Å². The summed E-state index contributed by atoms with van der Waals surface area (Å²) in [6.07, 6.45) is 6.91. The van der Waals surface area contributed by atoms with E-state index in [0.717, 1.165) is 71.4 Å². The largest absolute Gasteiger partial charge is 0.490 e. The molecule has 2 aromatic carbocycles. The van der Waals surface area contributed by atoms with Gasteiger partial charge in [0.25, 0.3) is 0 Å². The highest BCUT2D eigenvalue weighted by molar-refractivity contribution is 6.03. The fourth-order valence-corrected chi connectivity index (χ4v) is 4.54. The molecular formula is C30H32N6O2. The van der Waals surface area contributed by atoms with Crippen molar-refractivity contribution in [3.05, 3.63) is 84.2 Å². The molecule has 3 heterocycles. The van der Waals surface area contributed by atoms with Gasteiger partial charge in [0, 0.05) is 61.3 Å². The minimum absolute atomic E-state index is 0.0573. The van der Waals surface area contributed by atoms with Gasteiger partial charge in [-0.1, -0.05) is 18.2 Å². The normalized spacial score (nSPS) is 13.9. The summed E-state index contributed by atoms with van der Waals surface area (Å²) in [7, 11) is 0. The van der Waals surface area contributed by atoms with Crippen molar-refractivity contribution in [1.29, 1.82) is 0 Å². The number of benzene rings is 2. The van der Waals surface area contributed by atoms with Gasteiger partial charge in [-0.25, -0.2) is 15.0 Å². The van der Waals surface area contributed by atoms with Gasteiger partial charge in [0.2, 0.25) is 11.9 Å². The third kappa shape index (κ3) is 5.91. The second kappa shape index (κ2) is 11.3. The Hall–Kier alpha value is -4.46. The van der Waals surface area contributed by atoms with Crippen molar-refractivity contribution in [2.24, 2.45) is 0 Å². The molecule has 1 aliphatic rings. The number of nitrogens with one attached hydrogen (secondary N) is 1. The Bertz CT molecular complexity index is 1450. The molecule has 0 spiro atoms. The van der Waals surface area contributed by atoms with Crippen molar-refractivity contribution in [2.75, 3.05) is 41.3 Å². The average molecular weight is 509 g/mol. The SMILES string of the molecule is Cc1cc(N2CCN(c3ncccn3)CC2)nc2ccc(NC(=O)/C=C/c3ccccc3OC(C)C)cc12. The van der Waals surface area contributed by atoms with E-state index in [9.17, 15) is 4.79 Å². The van der Waals surface area contributed by atoms with E-state index in [0.29, 0.717) is 0 Å². The van der Waals surface area contributed by atoms with Crippen LogP contribution in [0.4, 0.5) is 17.5 Å². The third-order valence-electron chi connectivity index (χ3n) is 6.40. The topological polar surface area (TPSA) is 83.5 Å². The first-order chi connectivity index (χ1) is 18.5. The van der Waals surface area contributed by atoms with Crippen molar-refractivity contribution in [3.8, 4) is 5.75 Å². The maximum atomic E-state index is 12.7. The standard InChI is InChI=1S/C30H32N6O2/c1-21(2)38-27-8-5-4-7-23(27)9-12-29(37)33-24-10-11-26-25(20-24)22(3)19-28(34-26)35-15-17-36(18-16-35)30-31-13-6-14-32-30/h4-14,19-21H,15-18H2,1-3H3,(H,33,37)/b12-9+. The molecule has 1 saturated heterocycles. The van der Waals surface area contributed by atoms with Gasteiger partial charge in [-0.3, -0.25) is 4.79 Å². The Morgan fingerprint density at radius 3 is 2.47 bits per heavy atom. The van der Waals surface area contributed by atoms with E-state index in [1.54, 1.807) is 18.5 Å². The van der Waals surface area contributed by atoms with Crippen LogP contribution in [-0.2, 0) is 4.79 Å². The molecule has 0 unspecified atom stereocenters. The summed E-state index contributed by atoms with van der Waals surface area (Å²) in [5.74, 6) is 2.29. The summed E-state index contributed by atoms with van der Waals surface area (Å²) < 4.78 is 5.83. The number of fused-ring (bicyclic) bond motifs is 1. The molecule has 0 atom stereocenters. The zero-order chi connectivity index (χ0) is 26.5. The predicted octanol–water partition coefficient (Wildman–Crippen LogP) is 5.10. The zero-order valence-corrected chi connectivity index (χ0v) is 22.0. The van der Waals surface area contributed by atoms with Crippen LogP contribution in [-0.4, -0.2) is 53.1 Å². The van der Waals surface area contributed by atoms with Gasteiger partial charge in [0.15, 0.2) is 0 Å². The van der Waals surface area contributed by atoms with Crippen molar-refractivity contribution >= 4 is 40.3 Å². The maximum Gasteiger partial charge on any atom is 0.248 e. The lowest BCUT2D eigenvalue weighted by molar-refractivity contribution is -0.111. The van der Waals surface area contributed by atoms with Crippen LogP contribution in [0.15, 0.2) is 73.1 Å². The van der Waals surface area contributed by atoms with Crippen molar-refractivity contribution in [2.45, 2.75) is 26.9 Å². The number of para-hydroxylation sites is 1.